The van der Waals surface area contributed by atoms with Gasteiger partial charge in [0.15, 0.2) is 0 Å². The van der Waals surface area contributed by atoms with Crippen molar-refractivity contribution in [3.8, 4) is 0 Å². The maximum absolute atomic E-state index is 2.57. The minimum Gasteiger partial charge on any atom is -0.298 e. The molecule has 0 amide bonds. The Hall–Kier alpha value is -0.870. The molecule has 0 saturated heterocycles. The highest BCUT2D eigenvalue weighted by molar-refractivity contribution is 8.08. The fourth-order valence-electron chi connectivity index (χ4n) is 3.28. The van der Waals surface area contributed by atoms with Crippen molar-refractivity contribution in [3.05, 3.63) is 59.7 Å². The smallest absolute Gasteiger partial charge is 0.0206 e. The zero-order chi connectivity index (χ0) is 17.8. The van der Waals surface area contributed by atoms with E-state index < -0.39 is 0 Å². The summed E-state index contributed by atoms with van der Waals surface area (Å²) in [5, 5.41) is 0. The number of fused-ring (bicyclic) bond motifs is 2. The van der Waals surface area contributed by atoms with E-state index in [4.69, 9.17) is 0 Å². The molecule has 0 atom stereocenters. The summed E-state index contributed by atoms with van der Waals surface area (Å²) in [6.45, 7) is 10.3. The van der Waals surface area contributed by atoms with E-state index in [1.807, 2.05) is 23.5 Å². The molecule has 0 aliphatic carbocycles. The third kappa shape index (κ3) is 5.10. The minimum absolute atomic E-state index is 0. The van der Waals surface area contributed by atoms with Crippen LogP contribution >= 0.6 is 35.9 Å². The fourth-order valence-corrected chi connectivity index (χ4v) is 5.48. The van der Waals surface area contributed by atoms with Crippen molar-refractivity contribution >= 4 is 46.9 Å². The summed E-state index contributed by atoms with van der Waals surface area (Å²) in [6.07, 6.45) is 2.37. The molecule has 2 aromatic rings. The van der Waals surface area contributed by atoms with Crippen LogP contribution in [0.3, 0.4) is 0 Å². The first-order valence-electron chi connectivity index (χ1n) is 9.03. The van der Waals surface area contributed by atoms with E-state index in [9.17, 15) is 0 Å². The van der Waals surface area contributed by atoms with Crippen LogP contribution in [-0.2, 0) is 0 Å². The molecule has 1 heterocycles. The average Bonchev–Trinajstić information content (AvgIpc) is 2.74. The number of halogens is 1. The molecule has 140 valence electrons. The summed E-state index contributed by atoms with van der Waals surface area (Å²) < 4.78 is 0. The van der Waals surface area contributed by atoms with Crippen molar-refractivity contribution in [2.75, 3.05) is 12.3 Å². The molecule has 0 bridgehead atoms. The Morgan fingerprint density at radius 2 is 1.50 bits per heavy atom. The molecule has 1 aliphatic rings. The summed E-state index contributed by atoms with van der Waals surface area (Å²) in [4.78, 5) is 6.66. The largest absolute Gasteiger partial charge is 0.298 e. The second-order valence-electron chi connectivity index (χ2n) is 6.92. The Kier molecular flexibility index (Phi) is 8.15. The van der Waals surface area contributed by atoms with Crippen LogP contribution in [0.5, 0.6) is 0 Å². The Morgan fingerprint density at radius 1 is 0.885 bits per heavy atom. The van der Waals surface area contributed by atoms with Crippen molar-refractivity contribution < 1.29 is 0 Å². The van der Waals surface area contributed by atoms with Crippen LogP contribution in [0, 0.1) is 0 Å². The first-order valence-corrected chi connectivity index (χ1v) is 10.8. The second kappa shape index (κ2) is 9.89. The lowest BCUT2D eigenvalue weighted by atomic mass is 10.1. The second-order valence-corrected chi connectivity index (χ2v) is 9.14. The zero-order valence-corrected chi connectivity index (χ0v) is 18.4. The summed E-state index contributed by atoms with van der Waals surface area (Å²) in [5.74, 6) is 1.11. The van der Waals surface area contributed by atoms with Gasteiger partial charge in [-0.15, -0.1) is 24.2 Å². The molecule has 26 heavy (non-hydrogen) atoms. The standard InChI is InChI=1S/C22H27NS2.ClH/c1-16(2)23(17(3)4)13-14-24-22-15-18-9-5-7-11-20(18)25-21-12-8-6-10-19(21)22;/h5-12,15-17H,13-14H2,1-4H3;1H. The molecule has 1 nitrogen and oxygen atoms in total. The molecule has 2 aromatic carbocycles. The lowest BCUT2D eigenvalue weighted by Gasteiger charge is -2.30. The molecule has 0 unspecified atom stereocenters. The normalized spacial score (nSPS) is 13.1. The number of thioether (sulfide) groups is 1. The molecular weight excluding hydrogens is 378 g/mol. The number of hydrogen-bond acceptors (Lipinski definition) is 3. The van der Waals surface area contributed by atoms with E-state index in [2.05, 4.69) is 87.2 Å². The quantitative estimate of drug-likeness (QED) is 0.513. The van der Waals surface area contributed by atoms with Gasteiger partial charge in [0.05, 0.1) is 0 Å². The average molecular weight is 406 g/mol. The Morgan fingerprint density at radius 3 is 2.19 bits per heavy atom. The van der Waals surface area contributed by atoms with Crippen LogP contribution in [0.1, 0.15) is 38.8 Å². The third-order valence-electron chi connectivity index (χ3n) is 4.51. The Balaban J connectivity index is 0.00000243. The van der Waals surface area contributed by atoms with Crippen LogP contribution < -0.4 is 0 Å². The van der Waals surface area contributed by atoms with E-state index in [-0.39, 0.29) is 12.4 Å². The van der Waals surface area contributed by atoms with Crippen molar-refractivity contribution in [1.29, 1.82) is 0 Å². The summed E-state index contributed by atoms with van der Waals surface area (Å²) in [7, 11) is 0. The number of benzene rings is 2. The van der Waals surface area contributed by atoms with Crippen molar-refractivity contribution in [2.45, 2.75) is 49.6 Å². The molecule has 0 fully saturated rings. The van der Waals surface area contributed by atoms with Crippen LogP contribution in [0.25, 0.3) is 11.0 Å². The predicted octanol–water partition coefficient (Wildman–Crippen LogP) is 6.92. The van der Waals surface area contributed by atoms with Gasteiger partial charge in [-0.1, -0.05) is 48.2 Å². The number of rotatable bonds is 6. The molecule has 1 aliphatic heterocycles. The highest BCUT2D eigenvalue weighted by Gasteiger charge is 2.17. The molecule has 0 radical (unpaired) electrons. The van der Waals surface area contributed by atoms with Crippen LogP contribution in [-0.4, -0.2) is 29.3 Å². The van der Waals surface area contributed by atoms with Gasteiger partial charge in [0.25, 0.3) is 0 Å². The topological polar surface area (TPSA) is 3.24 Å². The van der Waals surface area contributed by atoms with E-state index in [0.717, 1.165) is 12.3 Å². The van der Waals surface area contributed by atoms with Gasteiger partial charge in [-0.2, -0.15) is 0 Å². The lowest BCUT2D eigenvalue weighted by Crippen LogP contribution is -2.38. The number of hydrogen-bond donors (Lipinski definition) is 0. The summed E-state index contributed by atoms with van der Waals surface area (Å²) in [6, 6.07) is 18.7. The van der Waals surface area contributed by atoms with Crippen molar-refractivity contribution in [3.63, 3.8) is 0 Å². The maximum Gasteiger partial charge on any atom is 0.0206 e. The van der Waals surface area contributed by atoms with Gasteiger partial charge in [0.2, 0.25) is 0 Å². The van der Waals surface area contributed by atoms with Gasteiger partial charge in [-0.25, -0.2) is 0 Å². The number of nitrogens with zero attached hydrogens (tertiary/aromatic N) is 1. The summed E-state index contributed by atoms with van der Waals surface area (Å²) in [5.41, 5.74) is 2.70. The molecule has 0 spiro atoms. The van der Waals surface area contributed by atoms with E-state index >= 15 is 0 Å². The minimum atomic E-state index is 0. The molecule has 0 N–H and O–H groups in total. The molecule has 0 saturated carbocycles. The Bertz CT molecular complexity index is 747. The van der Waals surface area contributed by atoms with Gasteiger partial charge >= 0.3 is 0 Å². The van der Waals surface area contributed by atoms with Crippen molar-refractivity contribution in [2.24, 2.45) is 0 Å². The lowest BCUT2D eigenvalue weighted by molar-refractivity contribution is 0.187. The van der Waals surface area contributed by atoms with Crippen LogP contribution in [0.4, 0.5) is 0 Å². The van der Waals surface area contributed by atoms with Gasteiger partial charge in [-0.05, 0) is 51.5 Å². The van der Waals surface area contributed by atoms with E-state index in [1.165, 1.54) is 25.8 Å². The monoisotopic (exact) mass is 405 g/mol. The predicted molar refractivity (Wildman–Crippen MR) is 122 cm³/mol. The molecule has 4 heteroatoms. The third-order valence-corrected chi connectivity index (χ3v) is 6.71. The van der Waals surface area contributed by atoms with Crippen LogP contribution in [0.2, 0.25) is 0 Å². The molecule has 0 aromatic heterocycles. The highest BCUT2D eigenvalue weighted by atomic mass is 35.5. The van der Waals surface area contributed by atoms with E-state index in [0.29, 0.717) is 12.1 Å². The van der Waals surface area contributed by atoms with E-state index in [1.54, 1.807) is 0 Å². The first kappa shape index (κ1) is 21.4. The Labute approximate surface area is 173 Å². The summed E-state index contributed by atoms with van der Waals surface area (Å²) >= 11 is 3.87. The highest BCUT2D eigenvalue weighted by Crippen LogP contribution is 2.43. The van der Waals surface area contributed by atoms with Gasteiger partial charge in [0, 0.05) is 44.6 Å². The van der Waals surface area contributed by atoms with Gasteiger partial charge in [0.1, 0.15) is 0 Å². The maximum atomic E-state index is 2.57. The molecule has 3 rings (SSSR count). The SMILES string of the molecule is CC(C)N(CCSC1=Cc2ccccc2Sc2ccccc21)C(C)C.Cl. The van der Waals surface area contributed by atoms with Crippen molar-refractivity contribution in [1.82, 2.24) is 4.90 Å². The zero-order valence-electron chi connectivity index (χ0n) is 15.9. The molecular formula is C22H28ClNS2. The first-order chi connectivity index (χ1) is 12.1. The van der Waals surface area contributed by atoms with Gasteiger partial charge < -0.3 is 0 Å². The van der Waals surface area contributed by atoms with Gasteiger partial charge in [-0.3, -0.25) is 4.90 Å². The fraction of sp³-hybridized carbons (Fsp3) is 0.364. The van der Waals surface area contributed by atoms with Crippen LogP contribution in [0.15, 0.2) is 58.3 Å².